The Hall–Kier alpha value is -3.20. The summed E-state index contributed by atoms with van der Waals surface area (Å²) in [6.45, 7) is 4.50. The van der Waals surface area contributed by atoms with Gasteiger partial charge < -0.3 is 0 Å². The molecule has 0 aromatic heterocycles. The summed E-state index contributed by atoms with van der Waals surface area (Å²) < 4.78 is 0. The number of hydrogen-bond acceptors (Lipinski definition) is 2. The fraction of sp³-hybridized carbons (Fsp3) is 0.200. The fourth-order valence-electron chi connectivity index (χ4n) is 3.77. The van der Waals surface area contributed by atoms with Gasteiger partial charge in [-0.1, -0.05) is 91.0 Å². The van der Waals surface area contributed by atoms with Crippen LogP contribution in [0.15, 0.2) is 96.0 Å². The Kier molecular flexibility index (Phi) is 4.82. The Bertz CT molecular complexity index is 979. The molecule has 1 heterocycles. The molecule has 3 nitrogen and oxygen atoms in total. The van der Waals surface area contributed by atoms with Gasteiger partial charge in [0.2, 0.25) is 5.91 Å². The molecule has 0 fully saturated rings. The van der Waals surface area contributed by atoms with Gasteiger partial charge in [0, 0.05) is 5.56 Å². The lowest BCUT2D eigenvalue weighted by atomic mass is 9.77. The summed E-state index contributed by atoms with van der Waals surface area (Å²) in [5.41, 5.74) is 2.49. The Morgan fingerprint density at radius 3 is 1.96 bits per heavy atom. The van der Waals surface area contributed by atoms with Crippen molar-refractivity contribution in [2.24, 2.45) is 10.4 Å². The van der Waals surface area contributed by atoms with E-state index in [1.807, 2.05) is 97.6 Å². The molecule has 0 saturated carbocycles. The van der Waals surface area contributed by atoms with Crippen LogP contribution in [0.25, 0.3) is 0 Å². The number of carbonyl (C=O) groups excluding carboxylic acids is 1. The number of amides is 1. The molecule has 3 aromatic carbocycles. The van der Waals surface area contributed by atoms with Crippen molar-refractivity contribution < 1.29 is 4.79 Å². The van der Waals surface area contributed by atoms with Crippen LogP contribution in [0.1, 0.15) is 36.6 Å². The molecule has 3 heteroatoms. The highest BCUT2D eigenvalue weighted by molar-refractivity contribution is 6.11. The zero-order valence-electron chi connectivity index (χ0n) is 16.2. The van der Waals surface area contributed by atoms with Crippen LogP contribution in [0.4, 0.5) is 0 Å². The number of hydrogen-bond donors (Lipinski definition) is 0. The molecule has 1 aliphatic rings. The van der Waals surface area contributed by atoms with Gasteiger partial charge in [-0.25, -0.2) is 0 Å². The topological polar surface area (TPSA) is 32.7 Å². The number of aliphatic imine (C=N–C) groups is 1. The smallest absolute Gasteiger partial charge is 0.236 e. The quantitative estimate of drug-likeness (QED) is 0.619. The average molecular weight is 368 g/mol. The SMILES string of the molecule is CC1(C)C(=O)N(Cc2ccccc2)C(c2ccccc2)=NC1c1ccccc1. The first-order valence-electron chi connectivity index (χ1n) is 9.61. The second-order valence-corrected chi connectivity index (χ2v) is 7.73. The molecule has 3 aromatic rings. The second kappa shape index (κ2) is 7.43. The summed E-state index contributed by atoms with van der Waals surface area (Å²) in [7, 11) is 0. The highest BCUT2D eigenvalue weighted by Crippen LogP contribution is 2.42. The molecule has 0 spiro atoms. The maximum absolute atomic E-state index is 13.7. The number of carbonyl (C=O) groups is 1. The summed E-state index contributed by atoms with van der Waals surface area (Å²) in [5, 5.41) is 0. The van der Waals surface area contributed by atoms with E-state index in [4.69, 9.17) is 4.99 Å². The molecule has 1 unspecified atom stereocenters. The highest BCUT2D eigenvalue weighted by atomic mass is 16.2. The van der Waals surface area contributed by atoms with Crippen LogP contribution in [0.5, 0.6) is 0 Å². The van der Waals surface area contributed by atoms with Gasteiger partial charge >= 0.3 is 0 Å². The van der Waals surface area contributed by atoms with Crippen molar-refractivity contribution in [2.75, 3.05) is 0 Å². The largest absolute Gasteiger partial charge is 0.292 e. The van der Waals surface area contributed by atoms with E-state index in [1.165, 1.54) is 0 Å². The molecule has 1 amide bonds. The molecule has 0 radical (unpaired) electrons. The van der Waals surface area contributed by atoms with Crippen molar-refractivity contribution in [1.82, 2.24) is 4.90 Å². The molecule has 28 heavy (non-hydrogen) atoms. The summed E-state index contributed by atoms with van der Waals surface area (Å²) in [5.74, 6) is 0.835. The predicted molar refractivity (Wildman–Crippen MR) is 113 cm³/mol. The molecule has 0 N–H and O–H groups in total. The van der Waals surface area contributed by atoms with Gasteiger partial charge in [0.25, 0.3) is 0 Å². The summed E-state index contributed by atoms with van der Waals surface area (Å²) in [6, 6.07) is 30.0. The van der Waals surface area contributed by atoms with Crippen LogP contribution in [0.3, 0.4) is 0 Å². The number of nitrogens with zero attached hydrogens (tertiary/aromatic N) is 2. The van der Waals surface area contributed by atoms with E-state index in [9.17, 15) is 4.79 Å². The monoisotopic (exact) mass is 368 g/mol. The average Bonchev–Trinajstić information content (AvgIpc) is 2.74. The predicted octanol–water partition coefficient (Wildman–Crippen LogP) is 5.24. The van der Waals surface area contributed by atoms with Crippen molar-refractivity contribution in [2.45, 2.75) is 26.4 Å². The Labute approximate surface area is 166 Å². The van der Waals surface area contributed by atoms with Crippen molar-refractivity contribution in [3.8, 4) is 0 Å². The minimum absolute atomic E-state index is 0.0964. The van der Waals surface area contributed by atoms with Gasteiger partial charge in [-0.3, -0.25) is 14.7 Å². The third kappa shape index (κ3) is 3.36. The zero-order valence-corrected chi connectivity index (χ0v) is 16.2. The van der Waals surface area contributed by atoms with Crippen molar-refractivity contribution in [1.29, 1.82) is 0 Å². The second-order valence-electron chi connectivity index (χ2n) is 7.73. The molecule has 0 bridgehead atoms. The molecule has 0 saturated heterocycles. The molecule has 1 aliphatic heterocycles. The molecular formula is C25H24N2O. The van der Waals surface area contributed by atoms with E-state index >= 15 is 0 Å². The maximum atomic E-state index is 13.7. The number of amidine groups is 1. The van der Waals surface area contributed by atoms with E-state index in [2.05, 4.69) is 12.1 Å². The van der Waals surface area contributed by atoms with Gasteiger partial charge in [0.05, 0.1) is 18.0 Å². The van der Waals surface area contributed by atoms with Gasteiger partial charge in [0.15, 0.2) is 0 Å². The molecular weight excluding hydrogens is 344 g/mol. The number of rotatable bonds is 4. The minimum atomic E-state index is -0.631. The van der Waals surface area contributed by atoms with Gasteiger partial charge in [0.1, 0.15) is 5.84 Å². The van der Waals surface area contributed by atoms with Gasteiger partial charge in [-0.05, 0) is 25.0 Å². The Morgan fingerprint density at radius 1 is 0.821 bits per heavy atom. The van der Waals surface area contributed by atoms with E-state index in [0.29, 0.717) is 6.54 Å². The van der Waals surface area contributed by atoms with E-state index < -0.39 is 5.41 Å². The van der Waals surface area contributed by atoms with Crippen LogP contribution < -0.4 is 0 Å². The first-order valence-corrected chi connectivity index (χ1v) is 9.61. The van der Waals surface area contributed by atoms with Crippen LogP contribution >= 0.6 is 0 Å². The van der Waals surface area contributed by atoms with Crippen LogP contribution in [-0.2, 0) is 11.3 Å². The lowest BCUT2D eigenvalue weighted by Gasteiger charge is -2.41. The van der Waals surface area contributed by atoms with Crippen LogP contribution in [0, 0.1) is 5.41 Å². The Balaban J connectivity index is 1.84. The summed E-state index contributed by atoms with van der Waals surface area (Å²) >= 11 is 0. The van der Waals surface area contributed by atoms with Gasteiger partial charge in [-0.2, -0.15) is 0 Å². The molecule has 1 atom stereocenters. The zero-order chi connectivity index (χ0) is 19.6. The third-order valence-corrected chi connectivity index (χ3v) is 5.32. The van der Waals surface area contributed by atoms with Crippen LogP contribution in [0.2, 0.25) is 0 Å². The first-order chi connectivity index (χ1) is 13.6. The maximum Gasteiger partial charge on any atom is 0.236 e. The minimum Gasteiger partial charge on any atom is -0.292 e. The molecule has 140 valence electrons. The number of benzene rings is 3. The Morgan fingerprint density at radius 2 is 1.36 bits per heavy atom. The lowest BCUT2D eigenvalue weighted by Crippen LogP contribution is -2.50. The highest BCUT2D eigenvalue weighted by Gasteiger charge is 2.45. The lowest BCUT2D eigenvalue weighted by molar-refractivity contribution is -0.139. The van der Waals surface area contributed by atoms with Gasteiger partial charge in [-0.15, -0.1) is 0 Å². The van der Waals surface area contributed by atoms with Crippen molar-refractivity contribution in [3.63, 3.8) is 0 Å². The fourth-order valence-corrected chi connectivity index (χ4v) is 3.77. The summed E-state index contributed by atoms with van der Waals surface area (Å²) in [6.07, 6.45) is 0. The standard InChI is InChI=1S/C25H24N2O/c1-25(2)22(20-14-8-4-9-15-20)26-23(21-16-10-5-11-17-21)27(24(25)28)18-19-12-6-3-7-13-19/h3-17,22H,18H2,1-2H3. The van der Waals surface area contributed by atoms with E-state index in [0.717, 1.165) is 22.5 Å². The first kappa shape index (κ1) is 18.2. The third-order valence-electron chi connectivity index (χ3n) is 5.32. The van der Waals surface area contributed by atoms with Crippen molar-refractivity contribution in [3.05, 3.63) is 108 Å². The van der Waals surface area contributed by atoms with Crippen LogP contribution in [-0.4, -0.2) is 16.6 Å². The molecule has 4 rings (SSSR count). The summed E-state index contributed by atoms with van der Waals surface area (Å²) in [4.78, 5) is 20.6. The molecule has 0 aliphatic carbocycles. The van der Waals surface area contributed by atoms with E-state index in [-0.39, 0.29) is 11.9 Å². The normalized spacial score (nSPS) is 18.6. The van der Waals surface area contributed by atoms with E-state index in [1.54, 1.807) is 0 Å². The van der Waals surface area contributed by atoms with Crippen molar-refractivity contribution >= 4 is 11.7 Å².